The Balaban J connectivity index is 0.00000151. The molecule has 0 saturated carbocycles. The van der Waals surface area contributed by atoms with E-state index in [4.69, 9.17) is 0 Å². The summed E-state index contributed by atoms with van der Waals surface area (Å²) in [5.74, 6) is 0. The predicted molar refractivity (Wildman–Crippen MR) is 113 cm³/mol. The van der Waals surface area contributed by atoms with Crippen LogP contribution in [0.5, 0.6) is 0 Å². The van der Waals surface area contributed by atoms with Crippen molar-refractivity contribution in [3.8, 4) is 0 Å². The molecule has 0 saturated heterocycles. The van der Waals surface area contributed by atoms with Gasteiger partial charge in [-0.3, -0.25) is 0 Å². The van der Waals surface area contributed by atoms with Gasteiger partial charge in [0.2, 0.25) is 0 Å². The third-order valence-electron chi connectivity index (χ3n) is 4.09. The van der Waals surface area contributed by atoms with Gasteiger partial charge in [-0.25, -0.2) is 0 Å². The van der Waals surface area contributed by atoms with Crippen molar-refractivity contribution >= 4 is 6.08 Å². The fraction of sp³-hybridized carbons (Fsp3) is 0.333. The van der Waals surface area contributed by atoms with Gasteiger partial charge >= 0.3 is 0 Å². The van der Waals surface area contributed by atoms with Gasteiger partial charge in [0, 0.05) is 6.54 Å². The topological polar surface area (TPSA) is 3.24 Å². The van der Waals surface area contributed by atoms with Gasteiger partial charge in [-0.15, -0.1) is 0 Å². The van der Waals surface area contributed by atoms with Crippen LogP contribution in [0.25, 0.3) is 6.08 Å². The Morgan fingerprint density at radius 2 is 1.72 bits per heavy atom. The van der Waals surface area contributed by atoms with Gasteiger partial charge < -0.3 is 4.90 Å². The van der Waals surface area contributed by atoms with Crippen molar-refractivity contribution < 1.29 is 0 Å². The minimum absolute atomic E-state index is 1.01. The number of hydrogen-bond donors (Lipinski definition) is 0. The fourth-order valence-corrected chi connectivity index (χ4v) is 2.88. The van der Waals surface area contributed by atoms with Crippen LogP contribution < -0.4 is 0 Å². The van der Waals surface area contributed by atoms with Gasteiger partial charge in [0.1, 0.15) is 0 Å². The van der Waals surface area contributed by atoms with E-state index in [0.717, 1.165) is 19.5 Å². The summed E-state index contributed by atoms with van der Waals surface area (Å²) in [7, 11) is 2.20. The lowest BCUT2D eigenvalue weighted by Crippen LogP contribution is -2.19. The lowest BCUT2D eigenvalue weighted by atomic mass is 9.98. The van der Waals surface area contributed by atoms with Crippen molar-refractivity contribution in [1.29, 1.82) is 0 Å². The average molecular weight is 336 g/mol. The Bertz CT molecular complexity index is 640. The third kappa shape index (κ3) is 7.53. The van der Waals surface area contributed by atoms with Crippen LogP contribution >= 0.6 is 0 Å². The summed E-state index contributed by atoms with van der Waals surface area (Å²) in [6.45, 7) is 12.1. The van der Waals surface area contributed by atoms with E-state index in [1.54, 1.807) is 0 Å². The molecule has 0 amide bonds. The van der Waals surface area contributed by atoms with Crippen LogP contribution in [0.2, 0.25) is 0 Å². The molecule has 1 heteroatoms. The zero-order chi connectivity index (χ0) is 18.5. The van der Waals surface area contributed by atoms with E-state index >= 15 is 0 Å². The van der Waals surface area contributed by atoms with Crippen LogP contribution in [0.1, 0.15) is 42.5 Å². The van der Waals surface area contributed by atoms with Gasteiger partial charge in [0.25, 0.3) is 0 Å². The van der Waals surface area contributed by atoms with Crippen molar-refractivity contribution in [3.05, 3.63) is 89.5 Å². The van der Waals surface area contributed by atoms with E-state index in [0.29, 0.717) is 0 Å². The molecule has 0 aliphatic rings. The van der Waals surface area contributed by atoms with Crippen molar-refractivity contribution in [3.63, 3.8) is 0 Å². The molecule has 0 N–H and O–H groups in total. The zero-order valence-corrected chi connectivity index (χ0v) is 16.3. The molecule has 0 spiro atoms. The largest absolute Gasteiger partial charge is 0.302 e. The molecule has 0 radical (unpaired) electrons. The summed E-state index contributed by atoms with van der Waals surface area (Å²) in [6.07, 6.45) is 8.31. The normalized spacial score (nSPS) is 10.6. The molecule has 0 heterocycles. The zero-order valence-electron chi connectivity index (χ0n) is 16.3. The Kier molecular flexibility index (Phi) is 10.3. The maximum atomic E-state index is 3.77. The smallest absolute Gasteiger partial charge is 0.0230 e. The average Bonchev–Trinajstić information content (AvgIpc) is 2.64. The van der Waals surface area contributed by atoms with Crippen LogP contribution in [0.3, 0.4) is 0 Å². The molecule has 2 aromatic carbocycles. The first kappa shape index (κ1) is 20.9. The Labute approximate surface area is 154 Å². The van der Waals surface area contributed by atoms with Gasteiger partial charge in [-0.05, 0) is 55.6 Å². The number of hydrogen-bond acceptors (Lipinski definition) is 1. The minimum atomic E-state index is 1.01. The first-order valence-electron chi connectivity index (χ1n) is 9.31. The third-order valence-corrected chi connectivity index (χ3v) is 4.09. The SMILES string of the molecule is C=C/C=C\c1c(C)cccc1CCCN(C)Cc1ccccc1.CC. The molecule has 0 aliphatic carbocycles. The van der Waals surface area contributed by atoms with Crippen molar-refractivity contribution in [1.82, 2.24) is 4.90 Å². The first-order valence-corrected chi connectivity index (χ1v) is 9.31. The highest BCUT2D eigenvalue weighted by Gasteiger charge is 2.04. The van der Waals surface area contributed by atoms with E-state index in [-0.39, 0.29) is 0 Å². The van der Waals surface area contributed by atoms with Crippen molar-refractivity contribution in [2.24, 2.45) is 0 Å². The second-order valence-corrected chi connectivity index (χ2v) is 6.07. The van der Waals surface area contributed by atoms with Crippen LogP contribution in [0.4, 0.5) is 0 Å². The molecule has 0 fully saturated rings. The standard InChI is InChI=1S/C22H27N.C2H6/c1-4-5-16-22-19(2)11-9-14-21(22)15-10-17-23(3)18-20-12-7-6-8-13-20;1-2/h4-9,11-14,16H,1,10,15,17-18H2,2-3H3;1-2H3/b16-5-;. The molecule has 134 valence electrons. The van der Waals surface area contributed by atoms with Gasteiger partial charge in [0.05, 0.1) is 0 Å². The van der Waals surface area contributed by atoms with E-state index in [1.807, 2.05) is 26.0 Å². The van der Waals surface area contributed by atoms with Gasteiger partial charge in [-0.2, -0.15) is 0 Å². The van der Waals surface area contributed by atoms with Crippen LogP contribution in [-0.4, -0.2) is 18.5 Å². The quantitative estimate of drug-likeness (QED) is 0.513. The maximum Gasteiger partial charge on any atom is 0.0230 e. The first-order chi connectivity index (χ1) is 12.2. The summed E-state index contributed by atoms with van der Waals surface area (Å²) >= 11 is 0. The molecule has 0 aliphatic heterocycles. The second-order valence-electron chi connectivity index (χ2n) is 6.07. The van der Waals surface area contributed by atoms with Crippen LogP contribution in [-0.2, 0) is 13.0 Å². The summed E-state index contributed by atoms with van der Waals surface area (Å²) < 4.78 is 0. The molecule has 0 unspecified atom stereocenters. The fourth-order valence-electron chi connectivity index (χ4n) is 2.88. The van der Waals surface area contributed by atoms with Gasteiger partial charge in [0.15, 0.2) is 0 Å². The lowest BCUT2D eigenvalue weighted by Gasteiger charge is -2.17. The highest BCUT2D eigenvalue weighted by atomic mass is 15.1. The summed E-state index contributed by atoms with van der Waals surface area (Å²) in [5, 5.41) is 0. The van der Waals surface area contributed by atoms with E-state index in [2.05, 4.69) is 80.1 Å². The van der Waals surface area contributed by atoms with Crippen LogP contribution in [0.15, 0.2) is 67.3 Å². The molecule has 0 atom stereocenters. The highest BCUT2D eigenvalue weighted by Crippen LogP contribution is 2.18. The molecule has 25 heavy (non-hydrogen) atoms. The van der Waals surface area contributed by atoms with E-state index in [9.17, 15) is 0 Å². The molecular weight excluding hydrogens is 302 g/mol. The lowest BCUT2D eigenvalue weighted by molar-refractivity contribution is 0.322. The molecule has 2 aromatic rings. The molecule has 1 nitrogen and oxygen atoms in total. The number of rotatable bonds is 8. The Hall–Kier alpha value is -2.12. The van der Waals surface area contributed by atoms with E-state index < -0.39 is 0 Å². The van der Waals surface area contributed by atoms with Gasteiger partial charge in [-0.1, -0.05) is 87.2 Å². The minimum Gasteiger partial charge on any atom is -0.302 e. The summed E-state index contributed by atoms with van der Waals surface area (Å²) in [4.78, 5) is 2.39. The molecule has 2 rings (SSSR count). The predicted octanol–water partition coefficient (Wildman–Crippen LogP) is 6.29. The highest BCUT2D eigenvalue weighted by molar-refractivity contribution is 5.59. The Morgan fingerprint density at radius 1 is 1.00 bits per heavy atom. The van der Waals surface area contributed by atoms with Crippen molar-refractivity contribution in [2.45, 2.75) is 40.2 Å². The number of benzene rings is 2. The number of allylic oxidation sites excluding steroid dienone is 2. The second kappa shape index (κ2) is 12.3. The molecule has 0 aromatic heterocycles. The van der Waals surface area contributed by atoms with Crippen LogP contribution in [0, 0.1) is 6.92 Å². The summed E-state index contributed by atoms with van der Waals surface area (Å²) in [6, 6.07) is 17.2. The molecule has 0 bridgehead atoms. The Morgan fingerprint density at radius 3 is 2.40 bits per heavy atom. The monoisotopic (exact) mass is 335 g/mol. The van der Waals surface area contributed by atoms with E-state index in [1.165, 1.54) is 28.7 Å². The van der Waals surface area contributed by atoms with Crippen molar-refractivity contribution in [2.75, 3.05) is 13.6 Å². The number of aryl methyl sites for hydroxylation is 2. The maximum absolute atomic E-state index is 3.77. The number of nitrogens with zero attached hydrogens (tertiary/aromatic N) is 1. The summed E-state index contributed by atoms with van der Waals surface area (Å²) in [5.41, 5.74) is 5.48. The molecular formula is C24H33N.